The van der Waals surface area contributed by atoms with E-state index >= 15 is 0 Å². The Balaban J connectivity index is 2.45. The molecule has 11 nitrogen and oxygen atoms in total. The number of carbonyl (C=O) groups is 1. The summed E-state index contributed by atoms with van der Waals surface area (Å²) < 4.78 is 11.1. The summed E-state index contributed by atoms with van der Waals surface area (Å²) in [4.78, 5) is 13.1. The van der Waals surface area contributed by atoms with Crippen molar-refractivity contribution in [3.8, 4) is 0 Å². The van der Waals surface area contributed by atoms with Gasteiger partial charge in [-0.15, -0.1) is 0 Å². The number of rotatable bonds is 39. The van der Waals surface area contributed by atoms with Gasteiger partial charge in [-0.25, -0.2) is 0 Å². The molecule has 0 saturated carbocycles. The normalized spacial score (nSPS) is 22.2. The van der Waals surface area contributed by atoms with E-state index in [0.717, 1.165) is 57.8 Å². The zero-order valence-corrected chi connectivity index (χ0v) is 36.3. The average Bonchev–Trinajstić information content (AvgIpc) is 3.21. The maximum absolute atomic E-state index is 13.1. The standard InChI is InChI=1S/C46H89NO10/c1-3-5-7-9-11-13-15-17-19-20-22-23-25-27-29-31-33-38(49)41(51)37(36-56-46-44(54)43(53)42(52)40(35-48)57-46)47-45(55)39(50)34-32-30-28-26-24-21-18-16-14-12-10-8-6-4-2/h14,16,37-44,46,48-54H,3-13,15,17-36H2,1-2H3,(H,47,55)/b16-14-. The molecule has 1 heterocycles. The Bertz CT molecular complexity index is 939. The molecule has 9 atom stereocenters. The van der Waals surface area contributed by atoms with Crippen LogP contribution in [-0.4, -0.2) is 110 Å². The molecular weight excluding hydrogens is 727 g/mol. The van der Waals surface area contributed by atoms with E-state index in [1.54, 1.807) is 0 Å². The average molecular weight is 816 g/mol. The Kier molecular flexibility index (Phi) is 34.7. The highest BCUT2D eigenvalue weighted by Crippen LogP contribution is 2.23. The fraction of sp³-hybridized carbons (Fsp3) is 0.935. The highest BCUT2D eigenvalue weighted by molar-refractivity contribution is 5.80. The van der Waals surface area contributed by atoms with Crippen molar-refractivity contribution < 1.29 is 50.0 Å². The number of unbranched alkanes of at least 4 members (excludes halogenated alkanes) is 25. The first-order valence-electron chi connectivity index (χ1n) is 23.6. The third-order valence-electron chi connectivity index (χ3n) is 11.6. The van der Waals surface area contributed by atoms with E-state index in [4.69, 9.17) is 9.47 Å². The summed E-state index contributed by atoms with van der Waals surface area (Å²) in [6.45, 7) is 3.43. The summed E-state index contributed by atoms with van der Waals surface area (Å²) in [6, 6.07) is -1.17. The fourth-order valence-corrected chi connectivity index (χ4v) is 7.61. The molecule has 1 saturated heterocycles. The van der Waals surface area contributed by atoms with Crippen LogP contribution in [0.15, 0.2) is 12.2 Å². The van der Waals surface area contributed by atoms with Gasteiger partial charge in [-0.2, -0.15) is 0 Å². The molecule has 0 aromatic rings. The number of nitrogens with one attached hydrogen (secondary N) is 1. The van der Waals surface area contributed by atoms with Crippen molar-refractivity contribution in [2.45, 2.75) is 262 Å². The molecule has 8 N–H and O–H groups in total. The highest BCUT2D eigenvalue weighted by atomic mass is 16.7. The molecule has 0 aliphatic carbocycles. The Labute approximate surface area is 347 Å². The molecule has 1 rings (SSSR count). The smallest absolute Gasteiger partial charge is 0.249 e. The zero-order chi connectivity index (χ0) is 41.9. The third kappa shape index (κ3) is 26.6. The number of aliphatic hydroxyl groups is 7. The lowest BCUT2D eigenvalue weighted by Gasteiger charge is -2.40. The molecule has 338 valence electrons. The van der Waals surface area contributed by atoms with Crippen LogP contribution in [0.1, 0.15) is 206 Å². The van der Waals surface area contributed by atoms with Gasteiger partial charge in [0.15, 0.2) is 6.29 Å². The molecule has 1 amide bonds. The molecule has 1 aliphatic heterocycles. The number of aliphatic hydroxyl groups excluding tert-OH is 7. The van der Waals surface area contributed by atoms with Gasteiger partial charge in [0.05, 0.1) is 25.4 Å². The molecule has 57 heavy (non-hydrogen) atoms. The van der Waals surface area contributed by atoms with E-state index in [2.05, 4.69) is 31.3 Å². The van der Waals surface area contributed by atoms with Crippen molar-refractivity contribution in [2.24, 2.45) is 0 Å². The number of carbonyl (C=O) groups excluding carboxylic acids is 1. The maximum Gasteiger partial charge on any atom is 0.249 e. The van der Waals surface area contributed by atoms with Gasteiger partial charge in [-0.3, -0.25) is 4.79 Å². The van der Waals surface area contributed by atoms with Crippen LogP contribution in [0.3, 0.4) is 0 Å². The number of ether oxygens (including phenoxy) is 2. The van der Waals surface area contributed by atoms with Gasteiger partial charge in [0, 0.05) is 0 Å². The van der Waals surface area contributed by atoms with Crippen LogP contribution in [0.25, 0.3) is 0 Å². The van der Waals surface area contributed by atoms with Gasteiger partial charge in [0.2, 0.25) is 5.91 Å². The lowest BCUT2D eigenvalue weighted by molar-refractivity contribution is -0.303. The largest absolute Gasteiger partial charge is 0.394 e. The van der Waals surface area contributed by atoms with E-state index in [1.807, 2.05) is 0 Å². The first-order valence-corrected chi connectivity index (χ1v) is 23.6. The molecular formula is C46H89NO10. The highest BCUT2D eigenvalue weighted by Gasteiger charge is 2.44. The topological polar surface area (TPSA) is 189 Å². The monoisotopic (exact) mass is 816 g/mol. The quantitative estimate of drug-likeness (QED) is 0.0226. The van der Waals surface area contributed by atoms with Crippen molar-refractivity contribution in [1.82, 2.24) is 5.32 Å². The van der Waals surface area contributed by atoms with Gasteiger partial charge >= 0.3 is 0 Å². The zero-order valence-electron chi connectivity index (χ0n) is 36.3. The Morgan fingerprint density at radius 3 is 1.49 bits per heavy atom. The summed E-state index contributed by atoms with van der Waals surface area (Å²) in [6.07, 6.45) is 26.8. The van der Waals surface area contributed by atoms with Gasteiger partial charge < -0.3 is 50.5 Å². The van der Waals surface area contributed by atoms with Crippen LogP contribution in [0.5, 0.6) is 0 Å². The summed E-state index contributed by atoms with van der Waals surface area (Å²) in [5.74, 6) is -0.701. The Hall–Kier alpha value is -1.15. The van der Waals surface area contributed by atoms with Crippen LogP contribution in [0.4, 0.5) is 0 Å². The fourth-order valence-electron chi connectivity index (χ4n) is 7.61. The van der Waals surface area contributed by atoms with Crippen molar-refractivity contribution >= 4 is 5.91 Å². The second-order valence-electron chi connectivity index (χ2n) is 16.8. The van der Waals surface area contributed by atoms with Crippen LogP contribution in [-0.2, 0) is 14.3 Å². The minimum atomic E-state index is -1.66. The molecule has 0 aromatic heterocycles. The van der Waals surface area contributed by atoms with E-state index < -0.39 is 74.2 Å². The van der Waals surface area contributed by atoms with Crippen LogP contribution >= 0.6 is 0 Å². The van der Waals surface area contributed by atoms with Crippen molar-refractivity contribution in [3.05, 3.63) is 12.2 Å². The minimum absolute atomic E-state index is 0.255. The third-order valence-corrected chi connectivity index (χ3v) is 11.6. The first kappa shape index (κ1) is 53.9. The van der Waals surface area contributed by atoms with Crippen molar-refractivity contribution in [3.63, 3.8) is 0 Å². The second kappa shape index (κ2) is 36.7. The number of allylic oxidation sites excluding steroid dienone is 2. The predicted octanol–water partition coefficient (Wildman–Crippen LogP) is 7.67. The number of hydrogen-bond acceptors (Lipinski definition) is 10. The van der Waals surface area contributed by atoms with Gasteiger partial charge in [0.1, 0.15) is 36.6 Å². The molecule has 1 fully saturated rings. The molecule has 1 aliphatic rings. The number of amides is 1. The van der Waals surface area contributed by atoms with Crippen LogP contribution in [0.2, 0.25) is 0 Å². The predicted molar refractivity (Wildman–Crippen MR) is 229 cm³/mol. The van der Waals surface area contributed by atoms with Gasteiger partial charge in [0.25, 0.3) is 0 Å². The van der Waals surface area contributed by atoms with Gasteiger partial charge in [-0.05, 0) is 38.5 Å². The van der Waals surface area contributed by atoms with Crippen molar-refractivity contribution in [1.29, 1.82) is 0 Å². The molecule has 11 heteroatoms. The SMILES string of the molecule is CCCCCC/C=C\CCCCCCCCC(O)C(=O)NC(COC1OC(CO)C(O)C(O)C1O)C(O)C(O)CCCCCCCCCCCCCCCCCC. The summed E-state index contributed by atoms with van der Waals surface area (Å²) >= 11 is 0. The number of hydrogen-bond donors (Lipinski definition) is 8. The van der Waals surface area contributed by atoms with Crippen LogP contribution in [0, 0.1) is 0 Å². The molecule has 0 spiro atoms. The molecule has 0 bridgehead atoms. The maximum atomic E-state index is 13.1. The van der Waals surface area contributed by atoms with E-state index in [1.165, 1.54) is 109 Å². The minimum Gasteiger partial charge on any atom is -0.394 e. The summed E-state index contributed by atoms with van der Waals surface area (Å²) in [7, 11) is 0. The second-order valence-corrected chi connectivity index (χ2v) is 16.8. The summed E-state index contributed by atoms with van der Waals surface area (Å²) in [5.41, 5.74) is 0. The molecule has 9 unspecified atom stereocenters. The molecule has 0 aromatic carbocycles. The Morgan fingerprint density at radius 1 is 0.596 bits per heavy atom. The van der Waals surface area contributed by atoms with Gasteiger partial charge in [-0.1, -0.05) is 180 Å². The van der Waals surface area contributed by atoms with E-state index in [9.17, 15) is 40.5 Å². The van der Waals surface area contributed by atoms with E-state index in [0.29, 0.717) is 19.3 Å². The molecule has 0 radical (unpaired) electrons. The van der Waals surface area contributed by atoms with Crippen molar-refractivity contribution in [2.75, 3.05) is 13.2 Å². The first-order chi connectivity index (χ1) is 27.7. The van der Waals surface area contributed by atoms with E-state index in [-0.39, 0.29) is 6.42 Å². The lowest BCUT2D eigenvalue weighted by Crippen LogP contribution is -2.60. The Morgan fingerprint density at radius 2 is 1.02 bits per heavy atom. The lowest BCUT2D eigenvalue weighted by atomic mass is 9.98. The van der Waals surface area contributed by atoms with Crippen LogP contribution < -0.4 is 5.32 Å². The summed E-state index contributed by atoms with van der Waals surface area (Å²) in [5, 5.41) is 75.7.